The summed E-state index contributed by atoms with van der Waals surface area (Å²) in [7, 11) is 0. The van der Waals surface area contributed by atoms with E-state index in [9.17, 15) is 4.79 Å². The van der Waals surface area contributed by atoms with Crippen molar-refractivity contribution in [3.05, 3.63) is 0 Å². The number of piperidine rings is 1. The first kappa shape index (κ1) is 10.7. The Morgan fingerprint density at radius 1 is 1.46 bits per heavy atom. The number of rotatable bonds is 4. The van der Waals surface area contributed by atoms with Gasteiger partial charge in [0, 0.05) is 6.42 Å². The number of likely N-dealkylation sites (tertiary alicyclic amines) is 1. The highest BCUT2D eigenvalue weighted by Gasteiger charge is 2.15. The lowest BCUT2D eigenvalue weighted by Gasteiger charge is -2.25. The predicted molar refractivity (Wildman–Crippen MR) is 54.8 cm³/mol. The Labute approximate surface area is 81.3 Å². The molecule has 0 radical (unpaired) electrons. The third kappa shape index (κ3) is 4.41. The largest absolute Gasteiger partial charge is 0.298 e. The molecule has 0 bridgehead atoms. The average molecular weight is 183 g/mol. The molecule has 1 fully saturated rings. The van der Waals surface area contributed by atoms with Crippen molar-refractivity contribution >= 4 is 5.78 Å². The molecule has 1 aliphatic heterocycles. The second-order valence-electron chi connectivity index (χ2n) is 4.45. The zero-order valence-corrected chi connectivity index (χ0v) is 8.88. The number of carbonyl (C=O) groups is 1. The molecule has 0 amide bonds. The van der Waals surface area contributed by atoms with Gasteiger partial charge in [-0.1, -0.05) is 13.8 Å². The van der Waals surface area contributed by atoms with Crippen LogP contribution in [-0.2, 0) is 4.79 Å². The van der Waals surface area contributed by atoms with Crippen LogP contribution < -0.4 is 0 Å². The third-order valence-electron chi connectivity index (χ3n) is 2.59. The van der Waals surface area contributed by atoms with E-state index in [1.807, 2.05) is 0 Å². The third-order valence-corrected chi connectivity index (χ3v) is 2.59. The van der Waals surface area contributed by atoms with Gasteiger partial charge in [-0.3, -0.25) is 9.69 Å². The molecule has 2 nitrogen and oxygen atoms in total. The van der Waals surface area contributed by atoms with E-state index in [4.69, 9.17) is 0 Å². The fourth-order valence-electron chi connectivity index (χ4n) is 1.82. The maximum absolute atomic E-state index is 11.1. The summed E-state index contributed by atoms with van der Waals surface area (Å²) in [5, 5.41) is 0. The molecule has 2 heteroatoms. The van der Waals surface area contributed by atoms with Gasteiger partial charge in [-0.05, 0) is 38.3 Å². The molecule has 76 valence electrons. The minimum atomic E-state index is 0.427. The van der Waals surface area contributed by atoms with E-state index >= 15 is 0 Å². The highest BCUT2D eigenvalue weighted by Crippen LogP contribution is 2.09. The lowest BCUT2D eigenvalue weighted by Crippen LogP contribution is -2.36. The monoisotopic (exact) mass is 183 g/mol. The van der Waals surface area contributed by atoms with Crippen LogP contribution in [0.3, 0.4) is 0 Å². The second-order valence-corrected chi connectivity index (χ2v) is 4.45. The summed E-state index contributed by atoms with van der Waals surface area (Å²) < 4.78 is 0. The molecule has 0 atom stereocenters. The van der Waals surface area contributed by atoms with Crippen molar-refractivity contribution < 1.29 is 4.79 Å². The lowest BCUT2D eigenvalue weighted by atomic mass is 10.1. The van der Waals surface area contributed by atoms with Crippen LogP contribution in [0.4, 0.5) is 0 Å². The van der Waals surface area contributed by atoms with Crippen molar-refractivity contribution in [1.82, 2.24) is 4.90 Å². The number of ketones is 1. The van der Waals surface area contributed by atoms with Gasteiger partial charge in [0.15, 0.2) is 0 Å². The molecule has 0 N–H and O–H groups in total. The van der Waals surface area contributed by atoms with Crippen LogP contribution in [0.25, 0.3) is 0 Å². The predicted octanol–water partition coefficient (Wildman–Crippen LogP) is 2.09. The van der Waals surface area contributed by atoms with Gasteiger partial charge in [0.25, 0.3) is 0 Å². The van der Waals surface area contributed by atoms with Gasteiger partial charge in [-0.15, -0.1) is 0 Å². The van der Waals surface area contributed by atoms with E-state index in [2.05, 4.69) is 18.7 Å². The maximum Gasteiger partial charge on any atom is 0.146 e. The van der Waals surface area contributed by atoms with Crippen molar-refractivity contribution in [3.63, 3.8) is 0 Å². The highest BCUT2D eigenvalue weighted by molar-refractivity contribution is 5.81. The molecular weight excluding hydrogens is 162 g/mol. The smallest absolute Gasteiger partial charge is 0.146 e. The first-order valence-electron chi connectivity index (χ1n) is 5.42. The van der Waals surface area contributed by atoms with Crippen LogP contribution in [0.15, 0.2) is 0 Å². The summed E-state index contributed by atoms with van der Waals surface area (Å²) in [6.45, 7) is 7.45. The van der Waals surface area contributed by atoms with Gasteiger partial charge in [0.1, 0.15) is 5.78 Å². The maximum atomic E-state index is 11.1. The first-order valence-corrected chi connectivity index (χ1v) is 5.42. The standard InChI is InChI=1S/C11H21NO/c1-10(2)5-3-7-12-8-4-6-11(13)9-12/h10H,3-9H2,1-2H3. The average Bonchev–Trinajstić information content (AvgIpc) is 2.03. The molecule has 0 unspecified atom stereocenters. The number of hydrogen-bond donors (Lipinski definition) is 0. The molecule has 1 aliphatic rings. The number of carbonyl (C=O) groups excluding carboxylic acids is 1. The molecule has 1 rings (SSSR count). The molecule has 1 saturated heterocycles. The van der Waals surface area contributed by atoms with Gasteiger partial charge in [0.2, 0.25) is 0 Å². The van der Waals surface area contributed by atoms with E-state index in [0.29, 0.717) is 12.3 Å². The van der Waals surface area contributed by atoms with Gasteiger partial charge < -0.3 is 0 Å². The Hall–Kier alpha value is -0.370. The second kappa shape index (κ2) is 5.38. The van der Waals surface area contributed by atoms with Crippen LogP contribution in [0, 0.1) is 5.92 Å². The van der Waals surface area contributed by atoms with Gasteiger partial charge in [-0.2, -0.15) is 0 Å². The van der Waals surface area contributed by atoms with Crippen LogP contribution in [0.2, 0.25) is 0 Å². The van der Waals surface area contributed by atoms with E-state index in [-0.39, 0.29) is 0 Å². The van der Waals surface area contributed by atoms with E-state index in [1.165, 1.54) is 12.8 Å². The summed E-state index contributed by atoms with van der Waals surface area (Å²) in [5.74, 6) is 1.22. The van der Waals surface area contributed by atoms with Crippen molar-refractivity contribution in [2.24, 2.45) is 5.92 Å². The Balaban J connectivity index is 2.10. The molecule has 0 aromatic carbocycles. The molecule has 1 heterocycles. The number of hydrogen-bond acceptors (Lipinski definition) is 2. The molecule has 0 aromatic heterocycles. The SMILES string of the molecule is CC(C)CCCN1CCCC(=O)C1. The van der Waals surface area contributed by atoms with Crippen LogP contribution >= 0.6 is 0 Å². The van der Waals surface area contributed by atoms with Crippen molar-refractivity contribution in [3.8, 4) is 0 Å². The molecule has 0 aromatic rings. The van der Waals surface area contributed by atoms with Crippen molar-refractivity contribution in [2.75, 3.05) is 19.6 Å². The quantitative estimate of drug-likeness (QED) is 0.665. The Morgan fingerprint density at radius 2 is 2.23 bits per heavy atom. The normalized spacial score (nSPS) is 19.8. The van der Waals surface area contributed by atoms with Crippen molar-refractivity contribution in [1.29, 1.82) is 0 Å². The summed E-state index contributed by atoms with van der Waals surface area (Å²) in [6, 6.07) is 0. The number of nitrogens with zero attached hydrogens (tertiary/aromatic N) is 1. The van der Waals surface area contributed by atoms with Gasteiger partial charge >= 0.3 is 0 Å². The first-order chi connectivity index (χ1) is 6.18. The Bertz CT molecular complexity index is 165. The summed E-state index contributed by atoms with van der Waals surface area (Å²) in [4.78, 5) is 13.4. The van der Waals surface area contributed by atoms with Gasteiger partial charge in [-0.25, -0.2) is 0 Å². The molecule has 0 spiro atoms. The van der Waals surface area contributed by atoms with E-state index in [0.717, 1.165) is 31.8 Å². The minimum absolute atomic E-state index is 0.427. The molecule has 0 aliphatic carbocycles. The Kier molecular flexibility index (Phi) is 4.43. The summed E-state index contributed by atoms with van der Waals surface area (Å²) >= 11 is 0. The van der Waals surface area contributed by atoms with Crippen LogP contribution in [0.1, 0.15) is 39.5 Å². The zero-order valence-electron chi connectivity index (χ0n) is 8.88. The summed E-state index contributed by atoms with van der Waals surface area (Å²) in [5.41, 5.74) is 0. The summed E-state index contributed by atoms with van der Waals surface area (Å²) in [6.07, 6.45) is 4.40. The molecule has 13 heavy (non-hydrogen) atoms. The van der Waals surface area contributed by atoms with E-state index in [1.54, 1.807) is 0 Å². The lowest BCUT2D eigenvalue weighted by molar-refractivity contribution is -0.122. The minimum Gasteiger partial charge on any atom is -0.298 e. The number of Topliss-reactive ketones (excluding diaryl/α,β-unsaturated/α-hetero) is 1. The van der Waals surface area contributed by atoms with Crippen LogP contribution in [-0.4, -0.2) is 30.3 Å². The fraction of sp³-hybridized carbons (Fsp3) is 0.909. The Morgan fingerprint density at radius 3 is 2.85 bits per heavy atom. The zero-order chi connectivity index (χ0) is 9.68. The highest BCUT2D eigenvalue weighted by atomic mass is 16.1. The van der Waals surface area contributed by atoms with E-state index < -0.39 is 0 Å². The van der Waals surface area contributed by atoms with Crippen molar-refractivity contribution in [2.45, 2.75) is 39.5 Å². The van der Waals surface area contributed by atoms with Crippen LogP contribution in [0.5, 0.6) is 0 Å². The fourth-order valence-corrected chi connectivity index (χ4v) is 1.82. The topological polar surface area (TPSA) is 20.3 Å². The molecule has 0 saturated carbocycles. The van der Waals surface area contributed by atoms with Gasteiger partial charge in [0.05, 0.1) is 6.54 Å². The molecular formula is C11H21NO.